The van der Waals surface area contributed by atoms with Crippen LogP contribution in [0.4, 0.5) is 0 Å². The summed E-state index contributed by atoms with van der Waals surface area (Å²) in [6.07, 6.45) is -0.534. The van der Waals surface area contributed by atoms with E-state index in [9.17, 15) is 5.11 Å². The number of hydrogen-bond donors (Lipinski definition) is 1. The highest BCUT2D eigenvalue weighted by Gasteiger charge is 2.19. The maximum atomic E-state index is 10.6. The van der Waals surface area contributed by atoms with Gasteiger partial charge in [-0.15, -0.1) is 11.3 Å². The molecule has 1 nitrogen and oxygen atoms in total. The number of halogens is 1. The molecule has 1 atom stereocenters. The fourth-order valence-corrected chi connectivity index (χ4v) is 4.25. The Kier molecular flexibility index (Phi) is 3.95. The first-order valence-electron chi connectivity index (χ1n) is 5.91. The summed E-state index contributed by atoms with van der Waals surface area (Å²) in [6.45, 7) is 8.26. The van der Waals surface area contributed by atoms with Gasteiger partial charge in [0.2, 0.25) is 0 Å². The summed E-state index contributed by atoms with van der Waals surface area (Å²) in [5.74, 6) is 0. The molecule has 0 saturated heterocycles. The second-order valence-electron chi connectivity index (χ2n) is 4.78. The van der Waals surface area contributed by atoms with Crippen molar-refractivity contribution in [1.29, 1.82) is 0 Å². The molecule has 0 aliphatic carbocycles. The lowest BCUT2D eigenvalue weighted by atomic mass is 9.92. The standard InChI is InChI=1S/C15H17BrOS/c1-8-5-9(2)14(10(3)6-8)15(17)12-7-13(16)18-11(12)4/h5-7,15,17H,1-4H3. The molecule has 0 saturated carbocycles. The Labute approximate surface area is 121 Å². The molecule has 1 N–H and O–H groups in total. The Hall–Kier alpha value is -0.640. The molecule has 3 heteroatoms. The van der Waals surface area contributed by atoms with E-state index in [1.165, 1.54) is 5.56 Å². The predicted octanol–water partition coefficient (Wildman–Crippen LogP) is 4.83. The number of thiophene rings is 1. The Morgan fingerprint density at radius 1 is 1.06 bits per heavy atom. The normalized spacial score (nSPS) is 12.8. The molecule has 0 fully saturated rings. The topological polar surface area (TPSA) is 20.2 Å². The van der Waals surface area contributed by atoms with Gasteiger partial charge in [-0.2, -0.15) is 0 Å². The Morgan fingerprint density at radius 2 is 1.61 bits per heavy atom. The number of hydrogen-bond acceptors (Lipinski definition) is 2. The summed E-state index contributed by atoms with van der Waals surface area (Å²) in [4.78, 5) is 1.16. The molecule has 1 aromatic carbocycles. The molecule has 96 valence electrons. The van der Waals surface area contributed by atoms with Crippen LogP contribution < -0.4 is 0 Å². The summed E-state index contributed by atoms with van der Waals surface area (Å²) in [5, 5.41) is 10.6. The first-order valence-corrected chi connectivity index (χ1v) is 7.52. The second kappa shape index (κ2) is 5.16. The van der Waals surface area contributed by atoms with Crippen LogP contribution in [-0.4, -0.2) is 5.11 Å². The molecule has 2 aromatic rings. The zero-order valence-corrected chi connectivity index (χ0v) is 13.4. The molecule has 1 aromatic heterocycles. The van der Waals surface area contributed by atoms with Gasteiger partial charge in [-0.1, -0.05) is 17.7 Å². The summed E-state index contributed by atoms with van der Waals surface area (Å²) >= 11 is 5.14. The molecule has 0 bridgehead atoms. The van der Waals surface area contributed by atoms with Gasteiger partial charge in [0.25, 0.3) is 0 Å². The zero-order chi connectivity index (χ0) is 13.4. The number of aliphatic hydroxyl groups excluding tert-OH is 1. The van der Waals surface area contributed by atoms with E-state index in [4.69, 9.17) is 0 Å². The minimum atomic E-state index is -0.534. The largest absolute Gasteiger partial charge is 0.384 e. The number of rotatable bonds is 2. The lowest BCUT2D eigenvalue weighted by Crippen LogP contribution is -2.05. The van der Waals surface area contributed by atoms with Crippen LogP contribution in [-0.2, 0) is 0 Å². The lowest BCUT2D eigenvalue weighted by molar-refractivity contribution is 0.218. The third kappa shape index (κ3) is 2.53. The van der Waals surface area contributed by atoms with Crippen molar-refractivity contribution >= 4 is 27.3 Å². The van der Waals surface area contributed by atoms with Gasteiger partial charge in [-0.25, -0.2) is 0 Å². The number of aliphatic hydroxyl groups is 1. The summed E-state index contributed by atoms with van der Waals surface area (Å²) in [6, 6.07) is 6.27. The van der Waals surface area contributed by atoms with E-state index in [1.54, 1.807) is 11.3 Å². The van der Waals surface area contributed by atoms with Crippen LogP contribution >= 0.6 is 27.3 Å². The molecule has 1 heterocycles. The van der Waals surface area contributed by atoms with Gasteiger partial charge < -0.3 is 5.11 Å². The van der Waals surface area contributed by atoms with Crippen LogP contribution in [0.1, 0.15) is 38.8 Å². The minimum Gasteiger partial charge on any atom is -0.384 e. The molecule has 0 amide bonds. The van der Waals surface area contributed by atoms with E-state index >= 15 is 0 Å². The molecule has 1 unspecified atom stereocenters. The molecule has 2 rings (SSSR count). The average Bonchev–Trinajstić information content (AvgIpc) is 2.56. The second-order valence-corrected chi connectivity index (χ2v) is 7.41. The Bertz CT molecular complexity index is 563. The highest BCUT2D eigenvalue weighted by molar-refractivity contribution is 9.11. The van der Waals surface area contributed by atoms with Crippen LogP contribution in [0.15, 0.2) is 22.0 Å². The maximum Gasteiger partial charge on any atom is 0.106 e. The first-order chi connectivity index (χ1) is 8.40. The van der Waals surface area contributed by atoms with Crippen molar-refractivity contribution < 1.29 is 5.11 Å². The van der Waals surface area contributed by atoms with Gasteiger partial charge >= 0.3 is 0 Å². The highest BCUT2D eigenvalue weighted by Crippen LogP contribution is 2.36. The molecule has 18 heavy (non-hydrogen) atoms. The Morgan fingerprint density at radius 3 is 2.06 bits per heavy atom. The molecule has 0 spiro atoms. The maximum absolute atomic E-state index is 10.6. The summed E-state index contributed by atoms with van der Waals surface area (Å²) < 4.78 is 1.07. The fourth-order valence-electron chi connectivity index (χ4n) is 2.51. The van der Waals surface area contributed by atoms with Gasteiger partial charge in [0.1, 0.15) is 6.10 Å². The van der Waals surface area contributed by atoms with Gasteiger partial charge in [0, 0.05) is 4.88 Å². The smallest absolute Gasteiger partial charge is 0.106 e. The molecule has 0 aliphatic heterocycles. The van der Waals surface area contributed by atoms with E-state index < -0.39 is 6.10 Å². The van der Waals surface area contributed by atoms with Crippen LogP contribution in [0.5, 0.6) is 0 Å². The van der Waals surface area contributed by atoms with Crippen LogP contribution in [0.25, 0.3) is 0 Å². The summed E-state index contributed by atoms with van der Waals surface area (Å²) in [5.41, 5.74) is 5.59. The monoisotopic (exact) mass is 324 g/mol. The minimum absolute atomic E-state index is 0.534. The zero-order valence-electron chi connectivity index (χ0n) is 11.0. The number of aryl methyl sites for hydroxylation is 4. The van der Waals surface area contributed by atoms with Crippen LogP contribution in [0.3, 0.4) is 0 Å². The first kappa shape index (κ1) is 13.8. The van der Waals surface area contributed by atoms with Crippen LogP contribution in [0.2, 0.25) is 0 Å². The number of benzene rings is 1. The molecular weight excluding hydrogens is 308 g/mol. The molecule has 0 aliphatic rings. The van der Waals surface area contributed by atoms with Crippen molar-refractivity contribution in [3.8, 4) is 0 Å². The average molecular weight is 325 g/mol. The van der Waals surface area contributed by atoms with E-state index in [-0.39, 0.29) is 0 Å². The molecule has 0 radical (unpaired) electrons. The van der Waals surface area contributed by atoms with Crippen molar-refractivity contribution in [3.63, 3.8) is 0 Å². The van der Waals surface area contributed by atoms with Crippen molar-refractivity contribution in [2.24, 2.45) is 0 Å². The Balaban J connectivity index is 2.52. The summed E-state index contributed by atoms with van der Waals surface area (Å²) in [7, 11) is 0. The third-order valence-electron chi connectivity index (χ3n) is 3.23. The SMILES string of the molecule is Cc1cc(C)c(C(O)c2cc(Br)sc2C)c(C)c1. The lowest BCUT2D eigenvalue weighted by Gasteiger charge is -2.17. The fraction of sp³-hybridized carbons (Fsp3) is 0.333. The third-order valence-corrected chi connectivity index (χ3v) is 4.80. The van der Waals surface area contributed by atoms with Crippen molar-refractivity contribution in [3.05, 3.63) is 54.7 Å². The molecular formula is C15H17BrOS. The van der Waals surface area contributed by atoms with Crippen molar-refractivity contribution in [2.75, 3.05) is 0 Å². The van der Waals surface area contributed by atoms with Gasteiger partial charge in [-0.05, 0) is 71.9 Å². The van der Waals surface area contributed by atoms with Gasteiger partial charge in [0.15, 0.2) is 0 Å². The highest BCUT2D eigenvalue weighted by atomic mass is 79.9. The van der Waals surface area contributed by atoms with Crippen molar-refractivity contribution in [1.82, 2.24) is 0 Å². The van der Waals surface area contributed by atoms with Gasteiger partial charge in [-0.3, -0.25) is 0 Å². The van der Waals surface area contributed by atoms with Crippen molar-refractivity contribution in [2.45, 2.75) is 33.8 Å². The van der Waals surface area contributed by atoms with E-state index in [1.807, 2.05) is 13.0 Å². The van der Waals surface area contributed by atoms with E-state index in [0.717, 1.165) is 30.9 Å². The van der Waals surface area contributed by atoms with Crippen LogP contribution in [0, 0.1) is 27.7 Å². The van der Waals surface area contributed by atoms with E-state index in [0.29, 0.717) is 0 Å². The van der Waals surface area contributed by atoms with E-state index in [2.05, 4.69) is 48.8 Å². The predicted molar refractivity (Wildman–Crippen MR) is 81.5 cm³/mol. The quantitative estimate of drug-likeness (QED) is 0.839. The van der Waals surface area contributed by atoms with Gasteiger partial charge in [0.05, 0.1) is 3.79 Å².